The maximum Gasteiger partial charge on any atom is 0.237 e. The smallest absolute Gasteiger partial charge is 0.237 e. The van der Waals surface area contributed by atoms with Crippen molar-refractivity contribution in [3.05, 3.63) is 18.0 Å². The van der Waals surface area contributed by atoms with Crippen molar-refractivity contribution in [1.29, 1.82) is 0 Å². The van der Waals surface area contributed by atoms with E-state index in [-0.39, 0.29) is 23.9 Å². The van der Waals surface area contributed by atoms with Crippen LogP contribution < -0.4 is 10.6 Å². The van der Waals surface area contributed by atoms with Crippen LogP contribution in [0.4, 0.5) is 0 Å². The summed E-state index contributed by atoms with van der Waals surface area (Å²) in [4.78, 5) is 26.7. The van der Waals surface area contributed by atoms with E-state index in [0.29, 0.717) is 39.1 Å². The van der Waals surface area contributed by atoms with Crippen LogP contribution in [0.25, 0.3) is 0 Å². The minimum Gasteiger partial charge on any atom is -0.380 e. The van der Waals surface area contributed by atoms with Crippen LogP contribution in [0.15, 0.2) is 12.4 Å². The van der Waals surface area contributed by atoms with E-state index in [1.165, 1.54) is 0 Å². The van der Waals surface area contributed by atoms with Crippen molar-refractivity contribution in [1.82, 2.24) is 25.7 Å². The van der Waals surface area contributed by atoms with Gasteiger partial charge in [0.2, 0.25) is 11.8 Å². The average molecular weight is 380 g/mol. The molecule has 0 saturated carbocycles. The second kappa shape index (κ2) is 11.7. The number of carbonyl (C=O) groups is 2. The molecule has 2 heterocycles. The van der Waals surface area contributed by atoms with Gasteiger partial charge >= 0.3 is 0 Å². The highest BCUT2D eigenvalue weighted by Crippen LogP contribution is 2.18. The van der Waals surface area contributed by atoms with Crippen LogP contribution in [0.5, 0.6) is 0 Å². The summed E-state index contributed by atoms with van der Waals surface area (Å²) in [6.07, 6.45) is 7.36. The molecule has 1 aromatic rings. The van der Waals surface area contributed by atoms with Gasteiger partial charge in [0, 0.05) is 44.9 Å². The Morgan fingerprint density at radius 1 is 1.37 bits per heavy atom. The molecule has 2 rings (SSSR count). The molecule has 1 aliphatic rings. The summed E-state index contributed by atoms with van der Waals surface area (Å²) in [5.41, 5.74) is 1.11. The maximum absolute atomic E-state index is 12.4. The first kappa shape index (κ1) is 21.4. The number of aromatic amines is 1. The van der Waals surface area contributed by atoms with Crippen molar-refractivity contribution in [3.63, 3.8) is 0 Å². The van der Waals surface area contributed by atoms with Crippen molar-refractivity contribution in [2.75, 3.05) is 32.8 Å². The fraction of sp³-hybridized carbons (Fsp3) is 0.737. The molecule has 3 N–H and O–H groups in total. The first-order valence-electron chi connectivity index (χ1n) is 10.0. The summed E-state index contributed by atoms with van der Waals surface area (Å²) in [6.45, 7) is 7.33. The zero-order valence-corrected chi connectivity index (χ0v) is 16.5. The predicted molar refractivity (Wildman–Crippen MR) is 103 cm³/mol. The van der Waals surface area contributed by atoms with E-state index in [1.54, 1.807) is 6.20 Å². The van der Waals surface area contributed by atoms with Gasteiger partial charge in [-0.05, 0) is 38.2 Å². The van der Waals surface area contributed by atoms with Crippen molar-refractivity contribution in [2.45, 2.75) is 58.0 Å². The molecule has 1 aliphatic heterocycles. The number of nitrogens with one attached hydrogen (secondary N) is 3. The molecule has 8 nitrogen and oxygen atoms in total. The topological polar surface area (TPSA) is 99.3 Å². The largest absolute Gasteiger partial charge is 0.380 e. The number of rotatable bonds is 12. The third kappa shape index (κ3) is 7.30. The average Bonchev–Trinajstić information content (AvgIpc) is 3.29. The lowest BCUT2D eigenvalue weighted by Gasteiger charge is -2.23. The Kier molecular flexibility index (Phi) is 9.27. The Hall–Kier alpha value is -1.93. The van der Waals surface area contributed by atoms with Crippen LogP contribution in [0.2, 0.25) is 0 Å². The van der Waals surface area contributed by atoms with Crippen molar-refractivity contribution in [3.8, 4) is 0 Å². The molecule has 0 aliphatic carbocycles. The summed E-state index contributed by atoms with van der Waals surface area (Å²) in [5.74, 6) is 0.0759. The number of aromatic nitrogens is 2. The number of amides is 2. The number of ether oxygens (including phenoxy) is 1. The van der Waals surface area contributed by atoms with E-state index < -0.39 is 0 Å². The molecule has 0 aromatic carbocycles. The predicted octanol–water partition coefficient (Wildman–Crippen LogP) is 0.854. The summed E-state index contributed by atoms with van der Waals surface area (Å²) < 4.78 is 5.57. The molecular formula is C19H33N5O3. The van der Waals surface area contributed by atoms with Crippen molar-refractivity contribution >= 4 is 11.8 Å². The normalized spacial score (nSPS) is 19.9. The molecule has 0 radical (unpaired) electrons. The SMILES string of the molecule is CCCOCCN1C[C@@H](NC(=O)CCCc2cn[nH]c2)C[C@H]1C(=O)NCC. The highest BCUT2D eigenvalue weighted by Gasteiger charge is 2.36. The summed E-state index contributed by atoms with van der Waals surface area (Å²) in [5, 5.41) is 12.7. The minimum absolute atomic E-state index is 0.00482. The molecule has 0 bridgehead atoms. The van der Waals surface area contributed by atoms with Gasteiger partial charge in [0.1, 0.15) is 0 Å². The second-order valence-electron chi connectivity index (χ2n) is 6.98. The molecule has 27 heavy (non-hydrogen) atoms. The van der Waals surface area contributed by atoms with Gasteiger partial charge in [0.05, 0.1) is 18.8 Å². The monoisotopic (exact) mass is 379 g/mol. The third-order valence-electron chi connectivity index (χ3n) is 4.72. The molecule has 1 saturated heterocycles. The van der Waals surface area contributed by atoms with E-state index in [9.17, 15) is 9.59 Å². The number of aryl methyl sites for hydroxylation is 1. The van der Waals surface area contributed by atoms with Crippen LogP contribution in [0, 0.1) is 0 Å². The van der Waals surface area contributed by atoms with Crippen molar-refractivity contribution < 1.29 is 14.3 Å². The Morgan fingerprint density at radius 3 is 2.93 bits per heavy atom. The fourth-order valence-electron chi connectivity index (χ4n) is 3.42. The molecule has 8 heteroatoms. The first-order chi connectivity index (χ1) is 13.1. The Morgan fingerprint density at radius 2 is 2.22 bits per heavy atom. The summed E-state index contributed by atoms with van der Waals surface area (Å²) in [7, 11) is 0. The molecule has 2 atom stereocenters. The van der Waals surface area contributed by atoms with Gasteiger partial charge < -0.3 is 15.4 Å². The molecule has 152 valence electrons. The molecule has 1 aromatic heterocycles. The number of H-pyrrole nitrogens is 1. The number of hydrogen-bond donors (Lipinski definition) is 3. The van der Waals surface area contributed by atoms with Crippen molar-refractivity contribution in [2.24, 2.45) is 0 Å². The standard InChI is InChI=1S/C19H33N5O3/c1-3-9-27-10-8-24-14-16(11-17(24)19(26)20-4-2)23-18(25)7-5-6-15-12-21-22-13-15/h12-13,16-17H,3-11,14H2,1-2H3,(H,20,26)(H,21,22)(H,23,25)/t16-,17-/m0/s1. The fourth-order valence-corrected chi connectivity index (χ4v) is 3.42. The lowest BCUT2D eigenvalue weighted by Crippen LogP contribution is -2.44. The van der Waals surface area contributed by atoms with Crippen LogP contribution in [-0.4, -0.2) is 71.8 Å². The maximum atomic E-state index is 12.4. The van der Waals surface area contributed by atoms with Crippen LogP contribution in [0.3, 0.4) is 0 Å². The minimum atomic E-state index is -0.202. The number of hydrogen-bond acceptors (Lipinski definition) is 5. The van der Waals surface area contributed by atoms with E-state index in [0.717, 1.165) is 31.4 Å². The van der Waals surface area contributed by atoms with E-state index >= 15 is 0 Å². The van der Waals surface area contributed by atoms with E-state index in [4.69, 9.17) is 4.74 Å². The van der Waals surface area contributed by atoms with Gasteiger partial charge in [0.15, 0.2) is 0 Å². The zero-order chi connectivity index (χ0) is 19.5. The summed E-state index contributed by atoms with van der Waals surface area (Å²) >= 11 is 0. The number of likely N-dealkylation sites (tertiary alicyclic amines) is 1. The zero-order valence-electron chi connectivity index (χ0n) is 16.5. The number of likely N-dealkylation sites (N-methyl/N-ethyl adjacent to an activating group) is 1. The Balaban J connectivity index is 1.77. The van der Waals surface area contributed by atoms with Crippen LogP contribution >= 0.6 is 0 Å². The Labute approximate surface area is 161 Å². The molecular weight excluding hydrogens is 346 g/mol. The van der Waals surface area contributed by atoms with Gasteiger partial charge in [-0.2, -0.15) is 5.10 Å². The third-order valence-corrected chi connectivity index (χ3v) is 4.72. The van der Waals surface area contributed by atoms with Gasteiger partial charge in [0.25, 0.3) is 0 Å². The second-order valence-corrected chi connectivity index (χ2v) is 6.98. The first-order valence-corrected chi connectivity index (χ1v) is 10.0. The van der Waals surface area contributed by atoms with Crippen LogP contribution in [-0.2, 0) is 20.7 Å². The molecule has 0 unspecified atom stereocenters. The molecule has 0 spiro atoms. The van der Waals surface area contributed by atoms with Gasteiger partial charge in [-0.3, -0.25) is 19.6 Å². The van der Waals surface area contributed by atoms with Gasteiger partial charge in [-0.15, -0.1) is 0 Å². The van der Waals surface area contributed by atoms with Crippen LogP contribution in [0.1, 0.15) is 45.1 Å². The van der Waals surface area contributed by atoms with Gasteiger partial charge in [-0.1, -0.05) is 6.92 Å². The lowest BCUT2D eigenvalue weighted by molar-refractivity contribution is -0.125. The number of carbonyl (C=O) groups excluding carboxylic acids is 2. The van der Waals surface area contributed by atoms with Gasteiger partial charge in [-0.25, -0.2) is 0 Å². The quantitative estimate of drug-likeness (QED) is 0.468. The van der Waals surface area contributed by atoms with E-state index in [2.05, 4.69) is 32.7 Å². The summed E-state index contributed by atoms with van der Waals surface area (Å²) in [6, 6.07) is -0.198. The molecule has 2 amide bonds. The highest BCUT2D eigenvalue weighted by molar-refractivity contribution is 5.82. The Bertz CT molecular complexity index is 564. The lowest BCUT2D eigenvalue weighted by atomic mass is 10.1. The highest BCUT2D eigenvalue weighted by atomic mass is 16.5. The van der Waals surface area contributed by atoms with E-state index in [1.807, 2.05) is 13.1 Å². The molecule has 1 fully saturated rings. The number of nitrogens with zero attached hydrogens (tertiary/aromatic N) is 2.